The quantitative estimate of drug-likeness (QED) is 0.654. The Labute approximate surface area is 155 Å². The Hall–Kier alpha value is -3.48. The van der Waals surface area contributed by atoms with Crippen LogP contribution in [0.15, 0.2) is 53.3 Å². The van der Waals surface area contributed by atoms with Crippen molar-refractivity contribution in [1.82, 2.24) is 10.2 Å². The maximum atomic E-state index is 12.4. The van der Waals surface area contributed by atoms with E-state index in [1.54, 1.807) is 48.5 Å². The third-order valence-corrected chi connectivity index (χ3v) is 3.92. The number of nitrogens with zero attached hydrogens (tertiary/aromatic N) is 1. The van der Waals surface area contributed by atoms with E-state index in [1.165, 1.54) is 0 Å². The number of fused-ring (bicyclic) bond motifs is 1. The molecule has 0 fully saturated rings. The lowest BCUT2D eigenvalue weighted by Crippen LogP contribution is -2.18. The summed E-state index contributed by atoms with van der Waals surface area (Å²) in [6.45, 7) is 2.26. The van der Waals surface area contributed by atoms with Gasteiger partial charge in [-0.05, 0) is 30.7 Å². The number of benzene rings is 2. The maximum absolute atomic E-state index is 12.4. The molecule has 0 radical (unpaired) electrons. The molecule has 3 aromatic rings. The first-order valence-electron chi connectivity index (χ1n) is 8.62. The van der Waals surface area contributed by atoms with Crippen molar-refractivity contribution in [2.24, 2.45) is 0 Å². The molecule has 7 heteroatoms. The fourth-order valence-corrected chi connectivity index (χ4v) is 2.67. The number of ether oxygens (including phenoxy) is 1. The molecule has 0 aliphatic rings. The maximum Gasteiger partial charge on any atom is 0.338 e. The van der Waals surface area contributed by atoms with Crippen LogP contribution in [0.1, 0.15) is 29.4 Å². The second-order valence-corrected chi connectivity index (χ2v) is 5.99. The molecule has 0 saturated carbocycles. The zero-order valence-electron chi connectivity index (χ0n) is 14.8. The lowest BCUT2D eigenvalue weighted by Gasteiger charge is -2.08. The zero-order valence-corrected chi connectivity index (χ0v) is 14.8. The number of aromatic amines is 1. The van der Waals surface area contributed by atoms with E-state index in [-0.39, 0.29) is 17.9 Å². The third kappa shape index (κ3) is 4.38. The Morgan fingerprint density at radius 2 is 1.89 bits per heavy atom. The lowest BCUT2D eigenvalue weighted by atomic mass is 10.1. The minimum absolute atomic E-state index is 0.0121. The number of hydrogen-bond acceptors (Lipinski definition) is 5. The van der Waals surface area contributed by atoms with Crippen LogP contribution in [0, 0.1) is 0 Å². The van der Waals surface area contributed by atoms with Crippen LogP contribution in [0.5, 0.6) is 0 Å². The van der Waals surface area contributed by atoms with Gasteiger partial charge in [0.1, 0.15) is 0 Å². The molecule has 0 atom stereocenters. The highest BCUT2D eigenvalue weighted by Gasteiger charge is 2.12. The molecule has 0 bridgehead atoms. The number of H-pyrrole nitrogens is 1. The predicted octanol–water partition coefficient (Wildman–Crippen LogP) is 2.67. The van der Waals surface area contributed by atoms with Crippen molar-refractivity contribution in [3.8, 4) is 0 Å². The molecule has 0 saturated heterocycles. The first kappa shape index (κ1) is 18.3. The van der Waals surface area contributed by atoms with E-state index < -0.39 is 5.97 Å². The second-order valence-electron chi connectivity index (χ2n) is 5.99. The SMILES string of the molecule is CCCOC(=O)c1cccc(NC(=O)Cc2n[nH]c(=O)c3ccccc23)c1. The number of esters is 1. The average molecular weight is 365 g/mol. The summed E-state index contributed by atoms with van der Waals surface area (Å²) in [4.78, 5) is 36.2. The van der Waals surface area contributed by atoms with Gasteiger partial charge in [-0.1, -0.05) is 31.2 Å². The number of rotatable bonds is 6. The predicted molar refractivity (Wildman–Crippen MR) is 102 cm³/mol. The molecule has 1 heterocycles. The van der Waals surface area contributed by atoms with Gasteiger partial charge in [0.05, 0.1) is 29.7 Å². The first-order chi connectivity index (χ1) is 13.1. The van der Waals surface area contributed by atoms with Gasteiger partial charge in [0, 0.05) is 11.1 Å². The van der Waals surface area contributed by atoms with Crippen molar-refractivity contribution in [3.05, 3.63) is 70.1 Å². The van der Waals surface area contributed by atoms with E-state index in [0.29, 0.717) is 34.3 Å². The van der Waals surface area contributed by atoms with Crippen LogP contribution >= 0.6 is 0 Å². The van der Waals surface area contributed by atoms with Crippen LogP contribution in [-0.4, -0.2) is 28.7 Å². The minimum atomic E-state index is -0.429. The van der Waals surface area contributed by atoms with E-state index in [1.807, 2.05) is 6.92 Å². The minimum Gasteiger partial charge on any atom is -0.462 e. The molecule has 1 aromatic heterocycles. The van der Waals surface area contributed by atoms with Crippen molar-refractivity contribution in [3.63, 3.8) is 0 Å². The molecular weight excluding hydrogens is 346 g/mol. The summed E-state index contributed by atoms with van der Waals surface area (Å²) in [7, 11) is 0. The molecule has 2 N–H and O–H groups in total. The molecule has 0 aliphatic heterocycles. The summed E-state index contributed by atoms with van der Waals surface area (Å²) < 4.78 is 5.10. The number of nitrogens with one attached hydrogen (secondary N) is 2. The van der Waals surface area contributed by atoms with Crippen LogP contribution in [0.2, 0.25) is 0 Å². The normalized spacial score (nSPS) is 10.6. The fourth-order valence-electron chi connectivity index (χ4n) is 2.67. The molecule has 27 heavy (non-hydrogen) atoms. The zero-order chi connectivity index (χ0) is 19.2. The van der Waals surface area contributed by atoms with Crippen LogP contribution in [0.3, 0.4) is 0 Å². The molecule has 138 valence electrons. The Morgan fingerprint density at radius 1 is 1.11 bits per heavy atom. The Balaban J connectivity index is 1.74. The molecule has 3 rings (SSSR count). The monoisotopic (exact) mass is 365 g/mol. The first-order valence-corrected chi connectivity index (χ1v) is 8.62. The summed E-state index contributed by atoms with van der Waals surface area (Å²) >= 11 is 0. The number of amides is 1. The molecule has 0 unspecified atom stereocenters. The lowest BCUT2D eigenvalue weighted by molar-refractivity contribution is -0.115. The average Bonchev–Trinajstić information content (AvgIpc) is 2.68. The number of hydrogen-bond donors (Lipinski definition) is 2. The van der Waals surface area contributed by atoms with Crippen molar-refractivity contribution in [2.75, 3.05) is 11.9 Å². The van der Waals surface area contributed by atoms with Crippen LogP contribution in [-0.2, 0) is 16.0 Å². The van der Waals surface area contributed by atoms with Gasteiger partial charge in [-0.2, -0.15) is 5.10 Å². The van der Waals surface area contributed by atoms with Crippen molar-refractivity contribution < 1.29 is 14.3 Å². The van der Waals surface area contributed by atoms with Gasteiger partial charge in [-0.3, -0.25) is 9.59 Å². The van der Waals surface area contributed by atoms with Crippen molar-refractivity contribution in [2.45, 2.75) is 19.8 Å². The van der Waals surface area contributed by atoms with Crippen molar-refractivity contribution >= 4 is 28.3 Å². The highest BCUT2D eigenvalue weighted by atomic mass is 16.5. The molecule has 0 aliphatic carbocycles. The molecule has 1 amide bonds. The summed E-state index contributed by atoms with van der Waals surface area (Å²) in [6.07, 6.45) is 0.726. The molecule has 7 nitrogen and oxygen atoms in total. The highest BCUT2D eigenvalue weighted by Crippen LogP contribution is 2.15. The van der Waals surface area contributed by atoms with E-state index in [4.69, 9.17) is 4.74 Å². The molecular formula is C20H19N3O4. The van der Waals surface area contributed by atoms with Gasteiger partial charge in [0.15, 0.2) is 0 Å². The summed E-state index contributed by atoms with van der Waals surface area (Å²) in [6, 6.07) is 13.5. The number of aromatic nitrogens is 2. The van der Waals surface area contributed by atoms with Gasteiger partial charge in [0.2, 0.25) is 5.91 Å². The molecule has 0 spiro atoms. The van der Waals surface area contributed by atoms with Crippen LogP contribution < -0.4 is 10.9 Å². The van der Waals surface area contributed by atoms with E-state index >= 15 is 0 Å². The van der Waals surface area contributed by atoms with Gasteiger partial charge < -0.3 is 10.1 Å². The third-order valence-electron chi connectivity index (χ3n) is 3.92. The Morgan fingerprint density at radius 3 is 2.67 bits per heavy atom. The second kappa shape index (κ2) is 8.27. The molecule has 2 aromatic carbocycles. The summed E-state index contributed by atoms with van der Waals surface area (Å²) in [5, 5.41) is 10.3. The van der Waals surface area contributed by atoms with E-state index in [2.05, 4.69) is 15.5 Å². The van der Waals surface area contributed by atoms with Gasteiger partial charge in [0.25, 0.3) is 5.56 Å². The van der Waals surface area contributed by atoms with E-state index in [9.17, 15) is 14.4 Å². The largest absolute Gasteiger partial charge is 0.462 e. The highest BCUT2D eigenvalue weighted by molar-refractivity contribution is 5.97. The Bertz CT molecular complexity index is 1040. The number of anilines is 1. The number of carbonyl (C=O) groups is 2. The van der Waals surface area contributed by atoms with Gasteiger partial charge in [-0.25, -0.2) is 9.89 Å². The van der Waals surface area contributed by atoms with Crippen LogP contribution in [0.4, 0.5) is 5.69 Å². The Kier molecular flexibility index (Phi) is 5.61. The van der Waals surface area contributed by atoms with Crippen LogP contribution in [0.25, 0.3) is 10.8 Å². The van der Waals surface area contributed by atoms with Crippen molar-refractivity contribution in [1.29, 1.82) is 0 Å². The smallest absolute Gasteiger partial charge is 0.338 e. The summed E-state index contributed by atoms with van der Waals surface area (Å²) in [5.74, 6) is -0.736. The standard InChI is InChI=1S/C20H19N3O4/c1-2-10-27-20(26)13-6-5-7-14(11-13)21-18(24)12-17-15-8-3-4-9-16(15)19(25)23-22-17/h3-9,11H,2,10,12H2,1H3,(H,21,24)(H,23,25). The van der Waals surface area contributed by atoms with Gasteiger partial charge >= 0.3 is 5.97 Å². The fraction of sp³-hybridized carbons (Fsp3) is 0.200. The van der Waals surface area contributed by atoms with E-state index in [0.717, 1.165) is 6.42 Å². The van der Waals surface area contributed by atoms with Gasteiger partial charge in [-0.15, -0.1) is 0 Å². The number of carbonyl (C=O) groups excluding carboxylic acids is 2. The summed E-state index contributed by atoms with van der Waals surface area (Å²) in [5.41, 5.74) is 1.03. The topological polar surface area (TPSA) is 101 Å².